The Balaban J connectivity index is 2.41. The van der Waals surface area contributed by atoms with Crippen molar-refractivity contribution in [3.05, 3.63) is 28.8 Å². The van der Waals surface area contributed by atoms with Gasteiger partial charge in [-0.15, -0.1) is 0 Å². The zero-order valence-electron chi connectivity index (χ0n) is 9.12. The summed E-state index contributed by atoms with van der Waals surface area (Å²) in [7, 11) is 0. The second-order valence-electron chi connectivity index (χ2n) is 4.67. The van der Waals surface area contributed by atoms with E-state index in [2.05, 4.69) is 0 Å². The van der Waals surface area contributed by atoms with Crippen LogP contribution in [0.2, 0.25) is 0 Å². The largest absolute Gasteiger partial charge is 0.508 e. The molecule has 0 heterocycles. The molecular weight excluding hydrogens is 190 g/mol. The SMILES string of the molecule is Cc1cc(O)c(C2(N)CC(O)C2)cc1C. The molecule has 82 valence electrons. The third-order valence-electron chi connectivity index (χ3n) is 3.35. The van der Waals surface area contributed by atoms with Crippen LogP contribution in [0.3, 0.4) is 0 Å². The Hall–Kier alpha value is -1.06. The van der Waals surface area contributed by atoms with Crippen LogP contribution in [0.15, 0.2) is 12.1 Å². The van der Waals surface area contributed by atoms with Gasteiger partial charge in [0.2, 0.25) is 0 Å². The molecule has 1 aromatic carbocycles. The molecule has 1 aliphatic carbocycles. The summed E-state index contributed by atoms with van der Waals surface area (Å²) < 4.78 is 0. The normalized spacial score (nSPS) is 30.0. The van der Waals surface area contributed by atoms with Gasteiger partial charge in [0.05, 0.1) is 6.10 Å². The zero-order valence-corrected chi connectivity index (χ0v) is 9.12. The van der Waals surface area contributed by atoms with Crippen LogP contribution in [0, 0.1) is 13.8 Å². The van der Waals surface area contributed by atoms with E-state index in [0.29, 0.717) is 12.8 Å². The van der Waals surface area contributed by atoms with E-state index in [0.717, 1.165) is 16.7 Å². The number of phenols is 1. The number of aryl methyl sites for hydroxylation is 2. The monoisotopic (exact) mass is 207 g/mol. The van der Waals surface area contributed by atoms with Crippen molar-refractivity contribution in [1.82, 2.24) is 0 Å². The van der Waals surface area contributed by atoms with E-state index < -0.39 is 5.54 Å². The highest BCUT2D eigenvalue weighted by Crippen LogP contribution is 2.43. The minimum atomic E-state index is -0.540. The Kier molecular flexibility index (Phi) is 2.24. The van der Waals surface area contributed by atoms with Gasteiger partial charge >= 0.3 is 0 Å². The molecule has 4 N–H and O–H groups in total. The van der Waals surface area contributed by atoms with Crippen LogP contribution in [-0.2, 0) is 5.54 Å². The minimum Gasteiger partial charge on any atom is -0.508 e. The summed E-state index contributed by atoms with van der Waals surface area (Å²) in [6.45, 7) is 3.95. The molecule has 0 amide bonds. The van der Waals surface area contributed by atoms with Crippen LogP contribution < -0.4 is 5.73 Å². The second kappa shape index (κ2) is 3.22. The molecule has 3 nitrogen and oxygen atoms in total. The van der Waals surface area contributed by atoms with Crippen molar-refractivity contribution in [2.24, 2.45) is 5.73 Å². The van der Waals surface area contributed by atoms with Crippen molar-refractivity contribution < 1.29 is 10.2 Å². The van der Waals surface area contributed by atoms with Gasteiger partial charge < -0.3 is 15.9 Å². The van der Waals surface area contributed by atoms with Crippen molar-refractivity contribution in [3.63, 3.8) is 0 Å². The molecule has 2 rings (SSSR count). The van der Waals surface area contributed by atoms with Crippen LogP contribution >= 0.6 is 0 Å². The number of phenolic OH excluding ortho intramolecular Hbond substituents is 1. The molecule has 0 bridgehead atoms. The Labute approximate surface area is 89.5 Å². The lowest BCUT2D eigenvalue weighted by Crippen LogP contribution is -2.51. The van der Waals surface area contributed by atoms with Crippen molar-refractivity contribution >= 4 is 0 Å². The van der Waals surface area contributed by atoms with Gasteiger partial charge in [-0.25, -0.2) is 0 Å². The molecule has 1 fully saturated rings. The third kappa shape index (κ3) is 1.62. The molecule has 1 saturated carbocycles. The molecular formula is C12H17NO2. The van der Waals surface area contributed by atoms with Crippen LogP contribution in [0.1, 0.15) is 29.5 Å². The van der Waals surface area contributed by atoms with Gasteiger partial charge in [-0.2, -0.15) is 0 Å². The van der Waals surface area contributed by atoms with E-state index in [1.54, 1.807) is 6.07 Å². The van der Waals surface area contributed by atoms with E-state index in [-0.39, 0.29) is 11.9 Å². The van der Waals surface area contributed by atoms with Gasteiger partial charge in [0, 0.05) is 11.1 Å². The number of rotatable bonds is 1. The average Bonchev–Trinajstić information content (AvgIpc) is 2.08. The minimum absolute atomic E-state index is 0.243. The van der Waals surface area contributed by atoms with Crippen molar-refractivity contribution in [2.45, 2.75) is 38.3 Å². The lowest BCUT2D eigenvalue weighted by atomic mass is 9.70. The smallest absolute Gasteiger partial charge is 0.120 e. The highest BCUT2D eigenvalue weighted by atomic mass is 16.3. The first-order chi connectivity index (χ1) is 6.92. The summed E-state index contributed by atoms with van der Waals surface area (Å²) in [6, 6.07) is 3.67. The molecule has 0 atom stereocenters. The number of aliphatic hydroxyl groups is 1. The predicted octanol–water partition coefficient (Wildman–Crippen LogP) is 1.32. The Morgan fingerprint density at radius 2 is 1.80 bits per heavy atom. The Bertz CT molecular complexity index is 395. The number of hydrogen-bond acceptors (Lipinski definition) is 3. The van der Waals surface area contributed by atoms with E-state index in [1.807, 2.05) is 19.9 Å². The lowest BCUT2D eigenvalue weighted by molar-refractivity contribution is 0.0199. The van der Waals surface area contributed by atoms with Gasteiger partial charge in [0.25, 0.3) is 0 Å². The van der Waals surface area contributed by atoms with Gasteiger partial charge in [-0.05, 0) is 43.9 Å². The zero-order chi connectivity index (χ0) is 11.2. The number of aromatic hydroxyl groups is 1. The molecule has 3 heteroatoms. The maximum Gasteiger partial charge on any atom is 0.120 e. The first-order valence-electron chi connectivity index (χ1n) is 5.20. The van der Waals surface area contributed by atoms with Crippen molar-refractivity contribution in [1.29, 1.82) is 0 Å². The van der Waals surface area contributed by atoms with Gasteiger partial charge in [0.15, 0.2) is 0 Å². The molecule has 15 heavy (non-hydrogen) atoms. The molecule has 0 saturated heterocycles. The standard InChI is InChI=1S/C12H17NO2/c1-7-3-10(11(15)4-8(7)2)12(13)5-9(14)6-12/h3-4,9,14-15H,5-6,13H2,1-2H3. The van der Waals surface area contributed by atoms with E-state index in [1.165, 1.54) is 0 Å². The summed E-state index contributed by atoms with van der Waals surface area (Å²) in [5.41, 5.74) is 8.51. The average molecular weight is 207 g/mol. The topological polar surface area (TPSA) is 66.5 Å². The molecule has 0 aliphatic heterocycles. The quantitative estimate of drug-likeness (QED) is 0.650. The second-order valence-corrected chi connectivity index (χ2v) is 4.67. The molecule has 1 aliphatic rings. The number of nitrogens with two attached hydrogens (primary N) is 1. The van der Waals surface area contributed by atoms with Gasteiger partial charge in [0.1, 0.15) is 5.75 Å². The maximum absolute atomic E-state index is 9.84. The van der Waals surface area contributed by atoms with Crippen LogP contribution in [0.4, 0.5) is 0 Å². The van der Waals surface area contributed by atoms with Crippen LogP contribution in [0.5, 0.6) is 5.75 Å². The highest BCUT2D eigenvalue weighted by molar-refractivity contribution is 5.45. The summed E-state index contributed by atoms with van der Waals surface area (Å²) in [6.07, 6.45) is 0.738. The van der Waals surface area contributed by atoms with Crippen molar-refractivity contribution in [2.75, 3.05) is 0 Å². The Morgan fingerprint density at radius 1 is 1.27 bits per heavy atom. The van der Waals surface area contributed by atoms with E-state index >= 15 is 0 Å². The van der Waals surface area contributed by atoms with E-state index in [9.17, 15) is 10.2 Å². The maximum atomic E-state index is 9.84. The molecule has 1 aromatic rings. The highest BCUT2D eigenvalue weighted by Gasteiger charge is 2.43. The third-order valence-corrected chi connectivity index (χ3v) is 3.35. The van der Waals surface area contributed by atoms with Crippen molar-refractivity contribution in [3.8, 4) is 5.75 Å². The fourth-order valence-electron chi connectivity index (χ4n) is 2.20. The summed E-state index contributed by atoms with van der Waals surface area (Å²) >= 11 is 0. The first kappa shape index (κ1) is 10.5. The number of hydrogen-bond donors (Lipinski definition) is 3. The van der Waals surface area contributed by atoms with Crippen LogP contribution in [0.25, 0.3) is 0 Å². The fraction of sp³-hybridized carbons (Fsp3) is 0.500. The number of aliphatic hydroxyl groups excluding tert-OH is 1. The lowest BCUT2D eigenvalue weighted by Gasteiger charge is -2.43. The number of benzene rings is 1. The first-order valence-corrected chi connectivity index (χ1v) is 5.20. The molecule has 0 unspecified atom stereocenters. The fourth-order valence-corrected chi connectivity index (χ4v) is 2.20. The van der Waals surface area contributed by atoms with Gasteiger partial charge in [-0.3, -0.25) is 0 Å². The molecule has 0 spiro atoms. The summed E-state index contributed by atoms with van der Waals surface area (Å²) in [4.78, 5) is 0. The Morgan fingerprint density at radius 3 is 2.33 bits per heavy atom. The summed E-state index contributed by atoms with van der Waals surface area (Å²) in [5, 5.41) is 19.1. The van der Waals surface area contributed by atoms with Gasteiger partial charge in [-0.1, -0.05) is 6.07 Å². The predicted molar refractivity (Wildman–Crippen MR) is 58.7 cm³/mol. The van der Waals surface area contributed by atoms with E-state index in [4.69, 9.17) is 5.73 Å². The summed E-state index contributed by atoms with van der Waals surface area (Å²) in [5.74, 6) is 0.243. The molecule has 0 radical (unpaired) electrons. The van der Waals surface area contributed by atoms with Crippen LogP contribution in [-0.4, -0.2) is 16.3 Å². The molecule has 0 aromatic heterocycles.